The van der Waals surface area contributed by atoms with Crippen molar-refractivity contribution in [3.63, 3.8) is 0 Å². The first-order valence-electron chi connectivity index (χ1n) is 3.74. The molecule has 70 valence electrons. The van der Waals surface area contributed by atoms with Crippen molar-refractivity contribution < 1.29 is 19.4 Å². The standard InChI is InChI=1S/C8H9NO4/c9-13-3-5-1-7-8(2-6(5)10)12-4-11-7/h1-2,10H,3-4,9H2. The first kappa shape index (κ1) is 8.15. The Bertz CT molecular complexity index is 326. The van der Waals surface area contributed by atoms with Crippen LogP contribution in [-0.4, -0.2) is 11.9 Å². The summed E-state index contributed by atoms with van der Waals surface area (Å²) >= 11 is 0. The zero-order valence-electron chi connectivity index (χ0n) is 6.82. The van der Waals surface area contributed by atoms with Gasteiger partial charge in [0.25, 0.3) is 0 Å². The van der Waals surface area contributed by atoms with Crippen LogP contribution in [0.4, 0.5) is 0 Å². The molecule has 13 heavy (non-hydrogen) atoms. The maximum absolute atomic E-state index is 9.43. The molecule has 5 nitrogen and oxygen atoms in total. The second-order valence-electron chi connectivity index (χ2n) is 2.65. The molecule has 0 fully saturated rings. The zero-order chi connectivity index (χ0) is 9.26. The average Bonchev–Trinajstić information content (AvgIpc) is 2.52. The molecule has 1 aliphatic rings. The molecule has 0 saturated heterocycles. The van der Waals surface area contributed by atoms with Gasteiger partial charge in [0.05, 0.1) is 6.61 Å². The highest BCUT2D eigenvalue weighted by Crippen LogP contribution is 2.37. The molecule has 0 amide bonds. The van der Waals surface area contributed by atoms with E-state index >= 15 is 0 Å². The predicted octanol–water partition coefficient (Wildman–Crippen LogP) is 0.511. The van der Waals surface area contributed by atoms with E-state index in [0.717, 1.165) is 0 Å². The van der Waals surface area contributed by atoms with Gasteiger partial charge in [-0.3, -0.25) is 4.84 Å². The van der Waals surface area contributed by atoms with E-state index in [1.807, 2.05) is 0 Å². The van der Waals surface area contributed by atoms with E-state index in [1.54, 1.807) is 6.07 Å². The monoisotopic (exact) mass is 183 g/mol. The Morgan fingerprint density at radius 2 is 2.08 bits per heavy atom. The Balaban J connectivity index is 2.37. The van der Waals surface area contributed by atoms with Crippen LogP contribution in [0.1, 0.15) is 5.56 Å². The van der Waals surface area contributed by atoms with Crippen molar-refractivity contribution in [1.29, 1.82) is 0 Å². The van der Waals surface area contributed by atoms with Crippen LogP contribution in [0, 0.1) is 0 Å². The molecular formula is C8H9NO4. The summed E-state index contributed by atoms with van der Waals surface area (Å²) < 4.78 is 10.2. The lowest BCUT2D eigenvalue weighted by Gasteiger charge is -2.04. The molecule has 0 unspecified atom stereocenters. The Morgan fingerprint density at radius 1 is 1.38 bits per heavy atom. The summed E-state index contributed by atoms with van der Waals surface area (Å²) in [5.74, 6) is 6.13. The number of fused-ring (bicyclic) bond motifs is 1. The van der Waals surface area contributed by atoms with Gasteiger partial charge in [0.15, 0.2) is 11.5 Å². The topological polar surface area (TPSA) is 73.9 Å². The van der Waals surface area contributed by atoms with E-state index in [2.05, 4.69) is 4.84 Å². The van der Waals surface area contributed by atoms with Gasteiger partial charge in [-0.15, -0.1) is 0 Å². The largest absolute Gasteiger partial charge is 0.507 e. The van der Waals surface area contributed by atoms with Gasteiger partial charge in [0.1, 0.15) is 5.75 Å². The Kier molecular flexibility index (Phi) is 1.96. The molecule has 1 aromatic rings. The van der Waals surface area contributed by atoms with E-state index in [1.165, 1.54) is 6.07 Å². The summed E-state index contributed by atoms with van der Waals surface area (Å²) in [5.41, 5.74) is 0.576. The number of rotatable bonds is 2. The van der Waals surface area contributed by atoms with Gasteiger partial charge in [-0.1, -0.05) is 0 Å². The molecule has 1 heterocycles. The smallest absolute Gasteiger partial charge is 0.231 e. The molecule has 0 aliphatic carbocycles. The quantitative estimate of drug-likeness (QED) is 0.653. The lowest BCUT2D eigenvalue weighted by Crippen LogP contribution is -1.99. The maximum Gasteiger partial charge on any atom is 0.231 e. The van der Waals surface area contributed by atoms with Crippen molar-refractivity contribution in [3.8, 4) is 17.2 Å². The van der Waals surface area contributed by atoms with E-state index in [0.29, 0.717) is 17.1 Å². The lowest BCUT2D eigenvalue weighted by atomic mass is 10.2. The van der Waals surface area contributed by atoms with E-state index < -0.39 is 0 Å². The average molecular weight is 183 g/mol. The SMILES string of the molecule is NOCc1cc2c(cc1O)OCO2. The van der Waals surface area contributed by atoms with Crippen molar-refractivity contribution in [1.82, 2.24) is 0 Å². The first-order chi connectivity index (χ1) is 6.31. The fourth-order valence-corrected chi connectivity index (χ4v) is 1.18. The minimum absolute atomic E-state index is 0.0923. The minimum Gasteiger partial charge on any atom is -0.507 e. The fraction of sp³-hybridized carbons (Fsp3) is 0.250. The minimum atomic E-state index is 0.0923. The number of hydrogen-bond acceptors (Lipinski definition) is 5. The maximum atomic E-state index is 9.43. The van der Waals surface area contributed by atoms with E-state index in [4.69, 9.17) is 15.4 Å². The van der Waals surface area contributed by atoms with Gasteiger partial charge in [0.2, 0.25) is 6.79 Å². The van der Waals surface area contributed by atoms with Crippen molar-refractivity contribution >= 4 is 0 Å². The van der Waals surface area contributed by atoms with Crippen LogP contribution < -0.4 is 15.4 Å². The summed E-state index contributed by atoms with van der Waals surface area (Å²) in [4.78, 5) is 4.41. The fourth-order valence-electron chi connectivity index (χ4n) is 1.18. The Morgan fingerprint density at radius 3 is 2.77 bits per heavy atom. The summed E-state index contributed by atoms with van der Waals surface area (Å²) in [6, 6.07) is 3.13. The molecule has 0 bridgehead atoms. The molecule has 0 saturated carbocycles. The van der Waals surface area contributed by atoms with Crippen molar-refractivity contribution in [2.24, 2.45) is 5.90 Å². The third kappa shape index (κ3) is 1.39. The van der Waals surface area contributed by atoms with E-state index in [9.17, 15) is 5.11 Å². The number of hydrogen-bond donors (Lipinski definition) is 2. The molecule has 3 N–H and O–H groups in total. The lowest BCUT2D eigenvalue weighted by molar-refractivity contribution is 0.122. The van der Waals surface area contributed by atoms with Crippen LogP contribution in [-0.2, 0) is 11.4 Å². The van der Waals surface area contributed by atoms with Crippen LogP contribution in [0.15, 0.2) is 12.1 Å². The zero-order valence-corrected chi connectivity index (χ0v) is 6.82. The van der Waals surface area contributed by atoms with Crippen LogP contribution in [0.3, 0.4) is 0 Å². The summed E-state index contributed by atoms with van der Waals surface area (Å²) in [7, 11) is 0. The van der Waals surface area contributed by atoms with Gasteiger partial charge >= 0.3 is 0 Å². The Hall–Kier alpha value is -1.46. The molecule has 1 aliphatic heterocycles. The summed E-state index contributed by atoms with van der Waals surface area (Å²) in [6.45, 7) is 0.324. The normalized spacial score (nSPS) is 13.3. The number of phenols is 1. The van der Waals surface area contributed by atoms with Gasteiger partial charge < -0.3 is 14.6 Å². The second-order valence-corrected chi connectivity index (χ2v) is 2.65. The van der Waals surface area contributed by atoms with Crippen LogP contribution in [0.25, 0.3) is 0 Å². The van der Waals surface area contributed by atoms with Gasteiger partial charge in [-0.2, -0.15) is 0 Å². The van der Waals surface area contributed by atoms with Gasteiger partial charge in [-0.05, 0) is 6.07 Å². The van der Waals surface area contributed by atoms with Gasteiger partial charge in [-0.25, -0.2) is 5.90 Å². The molecule has 1 aromatic carbocycles. The molecule has 0 spiro atoms. The molecule has 2 rings (SSSR count). The highest BCUT2D eigenvalue weighted by Gasteiger charge is 2.16. The van der Waals surface area contributed by atoms with Crippen LogP contribution >= 0.6 is 0 Å². The Labute approximate surface area is 74.6 Å². The first-order valence-corrected chi connectivity index (χ1v) is 3.74. The summed E-state index contributed by atoms with van der Waals surface area (Å²) in [5, 5.41) is 9.43. The number of ether oxygens (including phenoxy) is 2. The molecule has 0 aromatic heterocycles. The number of aromatic hydroxyl groups is 1. The number of nitrogens with two attached hydrogens (primary N) is 1. The van der Waals surface area contributed by atoms with Crippen LogP contribution in [0.5, 0.6) is 17.2 Å². The molecule has 5 heteroatoms. The number of benzene rings is 1. The number of phenolic OH excluding ortho intramolecular Hbond substituents is 1. The molecule has 0 radical (unpaired) electrons. The summed E-state index contributed by atoms with van der Waals surface area (Å²) in [6.07, 6.45) is 0. The van der Waals surface area contributed by atoms with E-state index in [-0.39, 0.29) is 19.1 Å². The van der Waals surface area contributed by atoms with Crippen molar-refractivity contribution in [2.75, 3.05) is 6.79 Å². The third-order valence-corrected chi connectivity index (χ3v) is 1.81. The second kappa shape index (κ2) is 3.12. The highest BCUT2D eigenvalue weighted by molar-refractivity contribution is 5.50. The highest BCUT2D eigenvalue weighted by atomic mass is 16.7. The van der Waals surface area contributed by atoms with Crippen LogP contribution in [0.2, 0.25) is 0 Å². The molecule has 0 atom stereocenters. The van der Waals surface area contributed by atoms with Crippen molar-refractivity contribution in [2.45, 2.75) is 6.61 Å². The third-order valence-electron chi connectivity index (χ3n) is 1.81. The molecular weight excluding hydrogens is 174 g/mol. The van der Waals surface area contributed by atoms with Crippen molar-refractivity contribution in [3.05, 3.63) is 17.7 Å². The predicted molar refractivity (Wildman–Crippen MR) is 43.2 cm³/mol. The van der Waals surface area contributed by atoms with Gasteiger partial charge in [0, 0.05) is 11.6 Å².